The van der Waals surface area contributed by atoms with Gasteiger partial charge in [0.15, 0.2) is 0 Å². The molecule has 0 N–H and O–H groups in total. The maximum atomic E-state index is 11.7. The Labute approximate surface area is 181 Å². The summed E-state index contributed by atoms with van der Waals surface area (Å²) < 4.78 is 11.0. The average Bonchev–Trinajstić information content (AvgIpc) is 2.82. The molecule has 31 heavy (non-hydrogen) atoms. The van der Waals surface area contributed by atoms with Gasteiger partial charge in [-0.2, -0.15) is 0 Å². The first kappa shape index (κ1) is 20.9. The number of carbonyl (C=O) groups excluding carboxylic acids is 2. The number of methoxy groups -OCH3 is 1. The van der Waals surface area contributed by atoms with Crippen molar-refractivity contribution in [3.05, 3.63) is 83.4 Å². The highest BCUT2D eigenvalue weighted by atomic mass is 16.5. The predicted molar refractivity (Wildman–Crippen MR) is 115 cm³/mol. The first-order valence-electron chi connectivity index (χ1n) is 10.3. The number of esters is 1. The molecule has 1 saturated heterocycles. The molecule has 1 aliphatic rings. The molecule has 0 saturated carbocycles. The van der Waals surface area contributed by atoms with Crippen LogP contribution in [0.3, 0.4) is 0 Å². The molecule has 4 rings (SSSR count). The van der Waals surface area contributed by atoms with E-state index in [9.17, 15) is 14.7 Å². The summed E-state index contributed by atoms with van der Waals surface area (Å²) in [5.74, 6) is -0.370. The average molecular weight is 418 g/mol. The Kier molecular flexibility index (Phi) is 6.18. The van der Waals surface area contributed by atoms with Crippen molar-refractivity contribution in [2.45, 2.75) is 25.0 Å². The minimum absolute atomic E-state index is 0.0164. The van der Waals surface area contributed by atoms with Crippen LogP contribution < -0.4 is 5.11 Å². The zero-order chi connectivity index (χ0) is 21.8. The zero-order valence-electron chi connectivity index (χ0n) is 17.3. The van der Waals surface area contributed by atoms with Crippen LogP contribution in [0.4, 0.5) is 4.79 Å². The van der Waals surface area contributed by atoms with E-state index in [4.69, 9.17) is 9.47 Å². The van der Waals surface area contributed by atoms with Crippen molar-refractivity contribution >= 4 is 22.8 Å². The summed E-state index contributed by atoms with van der Waals surface area (Å²) in [6.07, 6.45) is -0.880. The fourth-order valence-corrected chi connectivity index (χ4v) is 4.15. The van der Waals surface area contributed by atoms with E-state index in [2.05, 4.69) is 24.3 Å². The molecule has 3 aromatic rings. The number of likely N-dealkylation sites (tertiary alicyclic amines) is 1. The van der Waals surface area contributed by atoms with Gasteiger partial charge in [0.2, 0.25) is 0 Å². The van der Waals surface area contributed by atoms with Gasteiger partial charge in [-0.15, -0.1) is 0 Å². The third-order valence-electron chi connectivity index (χ3n) is 5.86. The number of carboxylic acid groups (broad SMARTS) is 1. The van der Waals surface area contributed by atoms with E-state index in [1.807, 2.05) is 30.3 Å². The summed E-state index contributed by atoms with van der Waals surface area (Å²) in [5.41, 5.74) is 2.52. The molecular formula is C25H24NO5-. The quantitative estimate of drug-likeness (QED) is 0.594. The van der Waals surface area contributed by atoms with Crippen LogP contribution in [0, 0.1) is 0 Å². The number of rotatable bonds is 5. The third kappa shape index (κ3) is 4.70. The molecule has 1 heterocycles. The number of carbonyl (C=O) groups is 2. The lowest BCUT2D eigenvalue weighted by Crippen LogP contribution is -2.51. The number of piperidine rings is 1. The minimum atomic E-state index is -1.18. The largest absolute Gasteiger partial charge is 0.530 e. The molecule has 1 aliphatic heterocycles. The number of hydrogen-bond donors (Lipinski definition) is 0. The highest BCUT2D eigenvalue weighted by molar-refractivity contribution is 5.89. The van der Waals surface area contributed by atoms with Crippen LogP contribution in [0.5, 0.6) is 0 Å². The van der Waals surface area contributed by atoms with Crippen molar-refractivity contribution in [2.75, 3.05) is 20.2 Å². The van der Waals surface area contributed by atoms with Gasteiger partial charge in [-0.25, -0.2) is 4.79 Å². The molecule has 1 fully saturated rings. The monoisotopic (exact) mass is 418 g/mol. The van der Waals surface area contributed by atoms with Gasteiger partial charge in [-0.3, -0.25) is 0 Å². The summed E-state index contributed by atoms with van der Waals surface area (Å²) >= 11 is 0. The second-order valence-electron chi connectivity index (χ2n) is 7.75. The summed E-state index contributed by atoms with van der Waals surface area (Å²) in [4.78, 5) is 24.4. The molecule has 0 bridgehead atoms. The maximum absolute atomic E-state index is 11.7. The normalized spacial score (nSPS) is 18.7. The van der Waals surface area contributed by atoms with E-state index in [0.29, 0.717) is 25.1 Å². The van der Waals surface area contributed by atoms with Gasteiger partial charge in [-0.05, 0) is 46.5 Å². The van der Waals surface area contributed by atoms with Crippen molar-refractivity contribution in [3.63, 3.8) is 0 Å². The Morgan fingerprint density at radius 2 is 1.77 bits per heavy atom. The number of amides is 1. The van der Waals surface area contributed by atoms with Crippen molar-refractivity contribution in [1.82, 2.24) is 4.90 Å². The van der Waals surface area contributed by atoms with Crippen LogP contribution in [0.2, 0.25) is 0 Å². The molecule has 0 radical (unpaired) electrons. The predicted octanol–water partition coefficient (Wildman–Crippen LogP) is 3.34. The summed E-state index contributed by atoms with van der Waals surface area (Å²) in [5, 5.41) is 13.7. The molecule has 3 aromatic carbocycles. The molecular weight excluding hydrogens is 394 g/mol. The lowest BCUT2D eigenvalue weighted by Gasteiger charge is -2.40. The molecule has 1 amide bonds. The molecule has 6 nitrogen and oxygen atoms in total. The van der Waals surface area contributed by atoms with E-state index in [0.717, 1.165) is 21.9 Å². The van der Waals surface area contributed by atoms with Gasteiger partial charge in [0.05, 0.1) is 25.4 Å². The van der Waals surface area contributed by atoms with Crippen molar-refractivity contribution in [2.24, 2.45) is 0 Å². The first-order chi connectivity index (χ1) is 15.0. The van der Waals surface area contributed by atoms with Gasteiger partial charge < -0.3 is 24.3 Å². The Bertz CT molecular complexity index is 1080. The summed E-state index contributed by atoms with van der Waals surface area (Å²) in [7, 11) is 1.35. The van der Waals surface area contributed by atoms with Gasteiger partial charge in [0.1, 0.15) is 6.09 Å². The zero-order valence-corrected chi connectivity index (χ0v) is 17.3. The summed E-state index contributed by atoms with van der Waals surface area (Å²) in [6.45, 7) is 1.02. The standard InChI is InChI=1S/C25H25NO5/c1-30-24(27)20-10-8-19(9-11-20)22-12-13-26(25(28)29)15-23(22)31-16-17-6-7-18-4-2-3-5-21(18)14-17/h2-11,14,22-23H,12-13,15-16H2,1H3,(H,28,29)/p-1. The van der Waals surface area contributed by atoms with E-state index in [1.165, 1.54) is 12.0 Å². The second-order valence-corrected chi connectivity index (χ2v) is 7.75. The molecule has 160 valence electrons. The van der Waals surface area contributed by atoms with Gasteiger partial charge in [0.25, 0.3) is 0 Å². The number of hydrogen-bond acceptors (Lipinski definition) is 5. The van der Waals surface area contributed by atoms with Crippen molar-refractivity contribution in [3.8, 4) is 0 Å². The Hall–Kier alpha value is -3.38. The molecule has 0 aromatic heterocycles. The topological polar surface area (TPSA) is 78.9 Å². The fraction of sp³-hybridized carbons (Fsp3) is 0.280. The minimum Gasteiger partial charge on any atom is -0.530 e. The highest BCUT2D eigenvalue weighted by Crippen LogP contribution is 2.31. The Balaban J connectivity index is 1.52. The number of benzene rings is 3. The maximum Gasteiger partial charge on any atom is 0.337 e. The van der Waals surface area contributed by atoms with Crippen molar-refractivity contribution < 1.29 is 24.2 Å². The van der Waals surface area contributed by atoms with E-state index in [1.54, 1.807) is 12.1 Å². The van der Waals surface area contributed by atoms with Crippen LogP contribution >= 0.6 is 0 Å². The van der Waals surface area contributed by atoms with Gasteiger partial charge in [0, 0.05) is 19.0 Å². The fourth-order valence-electron chi connectivity index (χ4n) is 4.15. The van der Waals surface area contributed by atoms with Crippen LogP contribution in [0.25, 0.3) is 10.8 Å². The van der Waals surface area contributed by atoms with Crippen LogP contribution in [0.1, 0.15) is 33.8 Å². The van der Waals surface area contributed by atoms with Crippen molar-refractivity contribution in [1.29, 1.82) is 0 Å². The molecule has 0 aliphatic carbocycles. The van der Waals surface area contributed by atoms with Crippen LogP contribution in [-0.4, -0.2) is 43.3 Å². The third-order valence-corrected chi connectivity index (χ3v) is 5.86. The second kappa shape index (κ2) is 9.18. The molecule has 6 heteroatoms. The van der Waals surface area contributed by atoms with Crippen LogP contribution in [0.15, 0.2) is 66.7 Å². The number of fused-ring (bicyclic) bond motifs is 1. The lowest BCUT2D eigenvalue weighted by molar-refractivity contribution is -0.268. The number of ether oxygens (including phenoxy) is 2. The van der Waals surface area contributed by atoms with E-state index >= 15 is 0 Å². The van der Waals surface area contributed by atoms with E-state index in [-0.39, 0.29) is 24.5 Å². The first-order valence-corrected chi connectivity index (χ1v) is 10.3. The SMILES string of the molecule is COC(=O)c1ccc(C2CCN(C(=O)[O-])CC2OCc2ccc3ccccc3c2)cc1. The lowest BCUT2D eigenvalue weighted by atomic mass is 9.86. The smallest absolute Gasteiger partial charge is 0.337 e. The van der Waals surface area contributed by atoms with Crippen LogP contribution in [-0.2, 0) is 16.1 Å². The molecule has 2 atom stereocenters. The molecule has 2 unspecified atom stereocenters. The number of nitrogens with zero attached hydrogens (tertiary/aromatic N) is 1. The highest BCUT2D eigenvalue weighted by Gasteiger charge is 2.31. The Morgan fingerprint density at radius 3 is 2.48 bits per heavy atom. The summed E-state index contributed by atoms with van der Waals surface area (Å²) in [6, 6.07) is 21.5. The molecule has 0 spiro atoms. The Morgan fingerprint density at radius 1 is 1.03 bits per heavy atom. The van der Waals surface area contributed by atoms with Gasteiger partial charge in [-0.1, -0.05) is 48.5 Å². The van der Waals surface area contributed by atoms with Gasteiger partial charge >= 0.3 is 5.97 Å². The van der Waals surface area contributed by atoms with E-state index < -0.39 is 6.09 Å².